The summed E-state index contributed by atoms with van der Waals surface area (Å²) < 4.78 is 38.5. The third-order valence-electron chi connectivity index (χ3n) is 3.16. The van der Waals surface area contributed by atoms with Crippen molar-refractivity contribution in [1.82, 2.24) is 4.31 Å². The zero-order chi connectivity index (χ0) is 12.5. The molecule has 0 bridgehead atoms. The molecule has 1 aromatic rings. The van der Waals surface area contributed by atoms with Crippen LogP contribution in [0.25, 0.3) is 0 Å². The highest BCUT2D eigenvalue weighted by molar-refractivity contribution is 7.89. The van der Waals surface area contributed by atoms with E-state index in [1.165, 1.54) is 16.4 Å². The number of halogens is 1. The largest absolute Gasteiger partial charge is 0.214 e. The third kappa shape index (κ3) is 2.50. The predicted octanol–water partition coefficient (Wildman–Crippen LogP) is 2.31. The minimum Gasteiger partial charge on any atom is -0.212 e. The van der Waals surface area contributed by atoms with Crippen LogP contribution >= 0.6 is 0 Å². The van der Waals surface area contributed by atoms with Gasteiger partial charge in [-0.25, -0.2) is 12.8 Å². The van der Waals surface area contributed by atoms with Crippen LogP contribution < -0.4 is 0 Å². The van der Waals surface area contributed by atoms with E-state index < -0.39 is 10.0 Å². The number of hydrogen-bond acceptors (Lipinski definition) is 2. The fraction of sp³-hybridized carbons (Fsp3) is 0.500. The Hall–Kier alpha value is -0.940. The molecule has 1 saturated heterocycles. The summed E-state index contributed by atoms with van der Waals surface area (Å²) >= 11 is 0. The molecule has 1 aliphatic heterocycles. The number of rotatable bonds is 3. The van der Waals surface area contributed by atoms with E-state index in [1.807, 2.05) is 0 Å². The van der Waals surface area contributed by atoms with E-state index in [2.05, 4.69) is 0 Å². The van der Waals surface area contributed by atoms with Gasteiger partial charge < -0.3 is 0 Å². The highest BCUT2D eigenvalue weighted by atomic mass is 32.2. The maximum atomic E-state index is 13.2. The Morgan fingerprint density at radius 1 is 1.47 bits per heavy atom. The second-order valence-corrected chi connectivity index (χ2v) is 6.43. The second-order valence-electron chi connectivity index (χ2n) is 4.22. The molecule has 2 rings (SSSR count). The monoisotopic (exact) mass is 257 g/mol. The summed E-state index contributed by atoms with van der Waals surface area (Å²) in [5, 5.41) is 0. The van der Waals surface area contributed by atoms with Gasteiger partial charge in [0, 0.05) is 12.6 Å². The van der Waals surface area contributed by atoms with Gasteiger partial charge in [-0.2, -0.15) is 4.31 Å². The number of sulfonamides is 1. The molecule has 1 atom stereocenters. The number of benzene rings is 1. The van der Waals surface area contributed by atoms with Crippen LogP contribution in [0.1, 0.15) is 31.4 Å². The van der Waals surface area contributed by atoms with Gasteiger partial charge in [-0.15, -0.1) is 0 Å². The second kappa shape index (κ2) is 4.74. The van der Waals surface area contributed by atoms with Crippen molar-refractivity contribution in [2.45, 2.75) is 25.8 Å². The molecule has 0 aromatic heterocycles. The van der Waals surface area contributed by atoms with Crippen LogP contribution in [-0.4, -0.2) is 25.0 Å². The molecular weight excluding hydrogens is 241 g/mol. The Bertz CT molecular complexity index is 501. The first-order valence-corrected chi connectivity index (χ1v) is 7.40. The summed E-state index contributed by atoms with van der Waals surface area (Å²) in [6.45, 7) is 2.17. The average molecular weight is 257 g/mol. The van der Waals surface area contributed by atoms with Crippen molar-refractivity contribution < 1.29 is 12.8 Å². The summed E-state index contributed by atoms with van der Waals surface area (Å²) in [6.07, 6.45) is 1.60. The summed E-state index contributed by atoms with van der Waals surface area (Å²) in [5.41, 5.74) is 0.750. The molecule has 3 nitrogen and oxygen atoms in total. The zero-order valence-electron chi connectivity index (χ0n) is 9.77. The molecule has 0 aliphatic carbocycles. The van der Waals surface area contributed by atoms with E-state index in [1.54, 1.807) is 19.1 Å². The first kappa shape index (κ1) is 12.5. The average Bonchev–Trinajstić information content (AvgIpc) is 2.78. The van der Waals surface area contributed by atoms with Crippen molar-refractivity contribution in [1.29, 1.82) is 0 Å². The number of hydrogen-bond donors (Lipinski definition) is 0. The quantitative estimate of drug-likeness (QED) is 0.833. The predicted molar refractivity (Wildman–Crippen MR) is 64.5 cm³/mol. The van der Waals surface area contributed by atoms with Gasteiger partial charge in [0.25, 0.3) is 0 Å². The van der Waals surface area contributed by atoms with Gasteiger partial charge >= 0.3 is 0 Å². The maximum absolute atomic E-state index is 13.2. The van der Waals surface area contributed by atoms with Crippen molar-refractivity contribution in [3.63, 3.8) is 0 Å². The van der Waals surface area contributed by atoms with Crippen LogP contribution in [0.4, 0.5) is 4.39 Å². The van der Waals surface area contributed by atoms with Crippen LogP contribution in [0, 0.1) is 5.82 Å². The first-order chi connectivity index (χ1) is 8.04. The van der Waals surface area contributed by atoms with Crippen molar-refractivity contribution in [3.8, 4) is 0 Å². The topological polar surface area (TPSA) is 37.4 Å². The lowest BCUT2D eigenvalue weighted by atomic mass is 10.1. The molecule has 0 amide bonds. The van der Waals surface area contributed by atoms with E-state index in [0.29, 0.717) is 6.54 Å². The van der Waals surface area contributed by atoms with Crippen molar-refractivity contribution >= 4 is 10.0 Å². The van der Waals surface area contributed by atoms with Crippen LogP contribution in [0.15, 0.2) is 24.3 Å². The Morgan fingerprint density at radius 3 is 2.88 bits per heavy atom. The lowest BCUT2D eigenvalue weighted by molar-refractivity contribution is 0.396. The molecule has 0 saturated carbocycles. The molecule has 0 unspecified atom stereocenters. The smallest absolute Gasteiger partial charge is 0.212 e. The van der Waals surface area contributed by atoms with Gasteiger partial charge in [-0.05, 0) is 37.5 Å². The van der Waals surface area contributed by atoms with Crippen LogP contribution in [0.5, 0.6) is 0 Å². The lowest BCUT2D eigenvalue weighted by Crippen LogP contribution is -2.31. The maximum Gasteiger partial charge on any atom is 0.214 e. The van der Waals surface area contributed by atoms with E-state index in [4.69, 9.17) is 0 Å². The summed E-state index contributed by atoms with van der Waals surface area (Å²) in [7, 11) is -3.20. The van der Waals surface area contributed by atoms with E-state index in [0.717, 1.165) is 18.4 Å². The van der Waals surface area contributed by atoms with Crippen LogP contribution in [-0.2, 0) is 10.0 Å². The Labute approximate surface area is 101 Å². The van der Waals surface area contributed by atoms with Crippen molar-refractivity contribution in [2.75, 3.05) is 12.3 Å². The highest BCUT2D eigenvalue weighted by Crippen LogP contribution is 2.34. The molecule has 0 spiro atoms. The van der Waals surface area contributed by atoms with Gasteiger partial charge in [0.05, 0.1) is 5.75 Å². The summed E-state index contributed by atoms with van der Waals surface area (Å²) in [4.78, 5) is 0. The van der Waals surface area contributed by atoms with E-state index in [-0.39, 0.29) is 17.6 Å². The molecule has 17 heavy (non-hydrogen) atoms. The van der Waals surface area contributed by atoms with Crippen LogP contribution in [0.3, 0.4) is 0 Å². The molecule has 1 aromatic carbocycles. The molecule has 0 N–H and O–H groups in total. The van der Waals surface area contributed by atoms with Gasteiger partial charge in [-0.1, -0.05) is 12.1 Å². The normalized spacial score (nSPS) is 21.9. The van der Waals surface area contributed by atoms with E-state index >= 15 is 0 Å². The minimum absolute atomic E-state index is 0.0960. The molecule has 1 heterocycles. The lowest BCUT2D eigenvalue weighted by Gasteiger charge is -2.23. The first-order valence-electron chi connectivity index (χ1n) is 5.79. The van der Waals surface area contributed by atoms with Gasteiger partial charge in [-0.3, -0.25) is 0 Å². The summed E-state index contributed by atoms with van der Waals surface area (Å²) in [5.74, 6) is -0.220. The fourth-order valence-corrected chi connectivity index (χ4v) is 3.64. The zero-order valence-corrected chi connectivity index (χ0v) is 10.6. The van der Waals surface area contributed by atoms with Gasteiger partial charge in [0.2, 0.25) is 10.0 Å². The van der Waals surface area contributed by atoms with Crippen LogP contribution in [0.2, 0.25) is 0 Å². The summed E-state index contributed by atoms with van der Waals surface area (Å²) in [6, 6.07) is 6.01. The standard InChI is InChI=1S/C12H16FNO2S/c1-2-17(15,16)14-8-4-7-12(14)10-5-3-6-11(13)9-10/h3,5-6,9,12H,2,4,7-8H2,1H3/t12-/m0/s1. The highest BCUT2D eigenvalue weighted by Gasteiger charge is 2.33. The SMILES string of the molecule is CCS(=O)(=O)N1CCC[C@H]1c1cccc(F)c1. The Kier molecular flexibility index (Phi) is 3.49. The van der Waals surface area contributed by atoms with E-state index in [9.17, 15) is 12.8 Å². The van der Waals surface area contributed by atoms with Gasteiger partial charge in [0.1, 0.15) is 5.82 Å². The molecule has 5 heteroatoms. The van der Waals surface area contributed by atoms with Gasteiger partial charge in [0.15, 0.2) is 0 Å². The molecule has 1 aliphatic rings. The van der Waals surface area contributed by atoms with Crippen molar-refractivity contribution in [2.24, 2.45) is 0 Å². The molecular formula is C12H16FNO2S. The van der Waals surface area contributed by atoms with Crippen molar-refractivity contribution in [3.05, 3.63) is 35.6 Å². The molecule has 1 fully saturated rings. The third-order valence-corrected chi connectivity index (χ3v) is 5.04. The molecule has 0 radical (unpaired) electrons. The minimum atomic E-state index is -3.20. The molecule has 94 valence electrons. The Morgan fingerprint density at radius 2 is 2.24 bits per heavy atom. The Balaban J connectivity index is 2.32. The fourth-order valence-electron chi connectivity index (χ4n) is 2.29. The number of nitrogens with zero attached hydrogens (tertiary/aromatic N) is 1.